The summed E-state index contributed by atoms with van der Waals surface area (Å²) < 4.78 is 5.50. The number of amides is 1. The summed E-state index contributed by atoms with van der Waals surface area (Å²) in [6, 6.07) is 15.2. The van der Waals surface area contributed by atoms with Crippen LogP contribution in [0.25, 0.3) is 6.08 Å². The summed E-state index contributed by atoms with van der Waals surface area (Å²) in [6.07, 6.45) is 4.31. The number of nitrogens with zero attached hydrogens (tertiary/aromatic N) is 2. The number of nitriles is 1. The lowest BCUT2D eigenvalue weighted by Gasteiger charge is -2.25. The van der Waals surface area contributed by atoms with E-state index in [9.17, 15) is 4.79 Å². The maximum absolute atomic E-state index is 12.7. The van der Waals surface area contributed by atoms with Gasteiger partial charge in [-0.3, -0.25) is 4.79 Å². The maximum Gasteiger partial charge on any atom is 0.251 e. The van der Waals surface area contributed by atoms with Crippen molar-refractivity contribution in [1.29, 1.82) is 5.26 Å². The topological polar surface area (TPSA) is 53.3 Å². The molecule has 0 saturated heterocycles. The van der Waals surface area contributed by atoms with Gasteiger partial charge in [-0.25, -0.2) is 0 Å². The average Bonchev–Trinajstić information content (AvgIpc) is 3.07. The molecule has 2 aromatic carbocycles. The van der Waals surface area contributed by atoms with Crippen molar-refractivity contribution in [1.82, 2.24) is 0 Å². The number of carbonyl (C=O) groups excluding carboxylic acids is 1. The third-order valence-corrected chi connectivity index (χ3v) is 4.14. The highest BCUT2D eigenvalue weighted by Gasteiger charge is 2.17. The minimum absolute atomic E-state index is 0.0143. The Morgan fingerprint density at radius 3 is 2.88 bits per heavy atom. The molecule has 0 atom stereocenters. The minimum atomic E-state index is -0.109. The first kappa shape index (κ1) is 16.8. The first-order valence-electron chi connectivity index (χ1n) is 8.35. The van der Waals surface area contributed by atoms with Gasteiger partial charge in [0.2, 0.25) is 0 Å². The number of hydrogen-bond donors (Lipinski definition) is 0. The third kappa shape index (κ3) is 3.72. The number of fused-ring (bicyclic) bond motifs is 1. The van der Waals surface area contributed by atoms with Crippen LogP contribution in [0.2, 0.25) is 0 Å². The zero-order valence-corrected chi connectivity index (χ0v) is 14.4. The van der Waals surface area contributed by atoms with E-state index in [0.29, 0.717) is 5.56 Å². The molecule has 0 bridgehead atoms. The van der Waals surface area contributed by atoms with E-state index >= 15 is 0 Å². The number of anilines is 1. The molecule has 0 aromatic heterocycles. The number of rotatable bonds is 4. The molecule has 0 spiro atoms. The van der Waals surface area contributed by atoms with Crippen LogP contribution in [0, 0.1) is 11.3 Å². The molecule has 1 heterocycles. The molecule has 0 unspecified atom stereocenters. The lowest BCUT2D eigenvalue weighted by Crippen LogP contribution is -2.35. The van der Waals surface area contributed by atoms with Crippen LogP contribution in [0.3, 0.4) is 0 Å². The summed E-state index contributed by atoms with van der Waals surface area (Å²) in [5.74, 6) is 0.822. The van der Waals surface area contributed by atoms with E-state index in [-0.39, 0.29) is 11.9 Å². The number of carbonyl (C=O) groups is 1. The zero-order valence-electron chi connectivity index (χ0n) is 14.4. The number of ether oxygens (including phenoxy) is 1. The first-order valence-corrected chi connectivity index (χ1v) is 8.35. The van der Waals surface area contributed by atoms with Crippen LogP contribution in [0.5, 0.6) is 5.75 Å². The van der Waals surface area contributed by atoms with Gasteiger partial charge in [-0.1, -0.05) is 12.1 Å². The van der Waals surface area contributed by atoms with Gasteiger partial charge in [0.25, 0.3) is 5.91 Å². The molecule has 1 aliphatic rings. The van der Waals surface area contributed by atoms with Crippen molar-refractivity contribution in [2.45, 2.75) is 26.3 Å². The smallest absolute Gasteiger partial charge is 0.251 e. The Balaban J connectivity index is 1.82. The summed E-state index contributed by atoms with van der Waals surface area (Å²) in [5.41, 5.74) is 3.42. The molecule has 3 rings (SSSR count). The fraction of sp³-hybridized carbons (Fsp3) is 0.238. The molecule has 0 radical (unpaired) electrons. The third-order valence-electron chi connectivity index (χ3n) is 4.14. The molecule has 0 aliphatic carbocycles. The lowest BCUT2D eigenvalue weighted by molar-refractivity contribution is -0.114. The van der Waals surface area contributed by atoms with Gasteiger partial charge < -0.3 is 9.64 Å². The highest BCUT2D eigenvalue weighted by Crippen LogP contribution is 2.26. The molecule has 1 amide bonds. The summed E-state index contributed by atoms with van der Waals surface area (Å²) in [7, 11) is 0. The first-order chi connectivity index (χ1) is 12.1. The predicted molar refractivity (Wildman–Crippen MR) is 98.5 cm³/mol. The molecular formula is C21H20N2O2. The van der Waals surface area contributed by atoms with Gasteiger partial charge in [-0.05, 0) is 61.4 Å². The summed E-state index contributed by atoms with van der Waals surface area (Å²) in [6.45, 7) is 4.63. The van der Waals surface area contributed by atoms with Crippen LogP contribution >= 0.6 is 0 Å². The molecule has 25 heavy (non-hydrogen) atoms. The van der Waals surface area contributed by atoms with Crippen LogP contribution in [0.4, 0.5) is 5.69 Å². The highest BCUT2D eigenvalue weighted by molar-refractivity contribution is 6.04. The predicted octanol–water partition coefficient (Wildman–Crippen LogP) is 3.95. The van der Waals surface area contributed by atoms with Gasteiger partial charge in [0, 0.05) is 24.2 Å². The SMILES string of the molecule is CC(C)N(C(=O)C=Cc1ccc2c(c1)CCO2)c1cccc(C#N)c1. The van der Waals surface area contributed by atoms with Crippen molar-refractivity contribution >= 4 is 17.7 Å². The van der Waals surface area contributed by atoms with E-state index in [4.69, 9.17) is 10.00 Å². The average molecular weight is 332 g/mol. The van der Waals surface area contributed by atoms with E-state index in [0.717, 1.165) is 30.0 Å². The van der Waals surface area contributed by atoms with Crippen molar-refractivity contribution < 1.29 is 9.53 Å². The second-order valence-corrected chi connectivity index (χ2v) is 6.26. The Bertz CT molecular complexity index is 862. The zero-order chi connectivity index (χ0) is 17.8. The monoisotopic (exact) mass is 332 g/mol. The Kier molecular flexibility index (Phi) is 4.85. The highest BCUT2D eigenvalue weighted by atomic mass is 16.5. The molecule has 0 N–H and O–H groups in total. The summed E-state index contributed by atoms with van der Waals surface area (Å²) in [4.78, 5) is 14.4. The second kappa shape index (κ2) is 7.23. The summed E-state index contributed by atoms with van der Waals surface area (Å²) >= 11 is 0. The Morgan fingerprint density at radius 1 is 1.28 bits per heavy atom. The number of benzene rings is 2. The molecule has 4 nitrogen and oxygen atoms in total. The van der Waals surface area contributed by atoms with E-state index < -0.39 is 0 Å². The van der Waals surface area contributed by atoms with E-state index in [2.05, 4.69) is 12.1 Å². The second-order valence-electron chi connectivity index (χ2n) is 6.26. The van der Waals surface area contributed by atoms with Crippen LogP contribution in [-0.2, 0) is 11.2 Å². The molecule has 4 heteroatoms. The standard InChI is InChI=1S/C21H20N2O2/c1-15(2)23(19-5-3-4-17(13-19)14-22)21(24)9-7-16-6-8-20-18(12-16)10-11-25-20/h3-9,12-13,15H,10-11H2,1-2H3. The van der Waals surface area contributed by atoms with Crippen LogP contribution < -0.4 is 9.64 Å². The number of hydrogen-bond acceptors (Lipinski definition) is 3. The van der Waals surface area contributed by atoms with E-state index in [1.165, 1.54) is 5.56 Å². The van der Waals surface area contributed by atoms with Crippen molar-refractivity contribution in [3.05, 3.63) is 65.2 Å². The van der Waals surface area contributed by atoms with E-state index in [1.54, 1.807) is 29.2 Å². The molecule has 126 valence electrons. The molecule has 1 aliphatic heterocycles. The van der Waals surface area contributed by atoms with Crippen LogP contribution in [0.15, 0.2) is 48.5 Å². The quantitative estimate of drug-likeness (QED) is 0.797. The molecular weight excluding hydrogens is 312 g/mol. The lowest BCUT2D eigenvalue weighted by atomic mass is 10.1. The maximum atomic E-state index is 12.7. The van der Waals surface area contributed by atoms with Gasteiger partial charge in [0.1, 0.15) is 5.75 Å². The van der Waals surface area contributed by atoms with Crippen molar-refractivity contribution in [2.75, 3.05) is 11.5 Å². The fourth-order valence-electron chi connectivity index (χ4n) is 2.96. The normalized spacial score (nSPS) is 12.7. The van der Waals surface area contributed by atoms with Crippen LogP contribution in [0.1, 0.15) is 30.5 Å². The van der Waals surface area contributed by atoms with Gasteiger partial charge in [0.05, 0.1) is 18.2 Å². The molecule has 2 aromatic rings. The Labute approximate surface area is 148 Å². The largest absolute Gasteiger partial charge is 0.493 e. The minimum Gasteiger partial charge on any atom is -0.493 e. The van der Waals surface area contributed by atoms with Crippen molar-refractivity contribution in [3.8, 4) is 11.8 Å². The summed E-state index contributed by atoms with van der Waals surface area (Å²) in [5, 5.41) is 9.07. The van der Waals surface area contributed by atoms with Gasteiger partial charge >= 0.3 is 0 Å². The molecule has 0 fully saturated rings. The van der Waals surface area contributed by atoms with Crippen molar-refractivity contribution in [3.63, 3.8) is 0 Å². The fourth-order valence-corrected chi connectivity index (χ4v) is 2.96. The molecule has 0 saturated carbocycles. The van der Waals surface area contributed by atoms with Gasteiger partial charge in [-0.15, -0.1) is 0 Å². The van der Waals surface area contributed by atoms with Crippen LogP contribution in [-0.4, -0.2) is 18.6 Å². The Hall–Kier alpha value is -3.06. The van der Waals surface area contributed by atoms with Gasteiger partial charge in [-0.2, -0.15) is 5.26 Å². The Morgan fingerprint density at radius 2 is 2.12 bits per heavy atom. The van der Waals surface area contributed by atoms with E-state index in [1.807, 2.05) is 38.1 Å². The van der Waals surface area contributed by atoms with Gasteiger partial charge in [0.15, 0.2) is 0 Å². The van der Waals surface area contributed by atoms with Crippen molar-refractivity contribution in [2.24, 2.45) is 0 Å².